The third-order valence-corrected chi connectivity index (χ3v) is 5.84. The Morgan fingerprint density at radius 2 is 2.06 bits per heavy atom. The molecule has 1 fully saturated rings. The molecule has 1 saturated heterocycles. The highest BCUT2D eigenvalue weighted by Crippen LogP contribution is 2.30. The van der Waals surface area contributed by atoms with Gasteiger partial charge in [0.2, 0.25) is 0 Å². The molecule has 182 valence electrons. The maximum Gasteiger partial charge on any atom is 0.441 e. The molecule has 4 heterocycles. The van der Waals surface area contributed by atoms with E-state index in [1.165, 1.54) is 7.11 Å². The first-order chi connectivity index (χ1) is 17.2. The number of nitrogens with zero attached hydrogens (tertiary/aromatic N) is 4. The minimum absolute atomic E-state index is 0.164. The third kappa shape index (κ3) is 4.84. The van der Waals surface area contributed by atoms with Gasteiger partial charge in [-0.1, -0.05) is 18.2 Å². The van der Waals surface area contributed by atoms with Crippen molar-refractivity contribution in [3.63, 3.8) is 0 Å². The molecular formula is C25H26N4O6. The number of fused-ring (bicyclic) bond motifs is 2. The van der Waals surface area contributed by atoms with Gasteiger partial charge in [0, 0.05) is 37.7 Å². The van der Waals surface area contributed by atoms with Gasteiger partial charge < -0.3 is 19.1 Å². The highest BCUT2D eigenvalue weighted by molar-refractivity contribution is 5.86. The predicted octanol–water partition coefficient (Wildman–Crippen LogP) is 3.73. The lowest BCUT2D eigenvalue weighted by Gasteiger charge is -2.16. The number of aromatic nitrogens is 3. The molecule has 0 radical (unpaired) electrons. The summed E-state index contributed by atoms with van der Waals surface area (Å²) in [6, 6.07) is 13.6. The molecule has 10 heteroatoms. The lowest BCUT2D eigenvalue weighted by atomic mass is 10.1. The topological polar surface area (TPSA) is 96.7 Å². The molecule has 1 amide bonds. The van der Waals surface area contributed by atoms with Crippen LogP contribution >= 0.6 is 0 Å². The largest absolute Gasteiger partial charge is 0.491 e. The molecule has 1 atom stereocenters. The molecule has 0 saturated carbocycles. The zero-order valence-corrected chi connectivity index (χ0v) is 19.5. The third-order valence-electron chi connectivity index (χ3n) is 5.84. The number of benzene rings is 1. The first-order valence-corrected chi connectivity index (χ1v) is 11.3. The molecule has 0 N–H and O–H groups in total. The number of para-hydroxylation sites is 1. The first kappa shape index (κ1) is 22.9. The van der Waals surface area contributed by atoms with Crippen LogP contribution in [0.15, 0.2) is 54.9 Å². The molecule has 1 aromatic carbocycles. The Morgan fingerprint density at radius 1 is 1.14 bits per heavy atom. The molecule has 5 rings (SSSR count). The van der Waals surface area contributed by atoms with Gasteiger partial charge in [0.05, 0.1) is 37.8 Å². The number of carbonyl (C=O) groups is 1. The molecule has 1 aliphatic heterocycles. The summed E-state index contributed by atoms with van der Waals surface area (Å²) in [6.45, 7) is 1.95. The summed E-state index contributed by atoms with van der Waals surface area (Å²) in [7, 11) is 2.95. The molecule has 0 spiro atoms. The second-order valence-electron chi connectivity index (χ2n) is 8.09. The summed E-state index contributed by atoms with van der Waals surface area (Å²) in [5.74, 6) is 1.40. The van der Waals surface area contributed by atoms with Gasteiger partial charge in [0.25, 0.3) is 0 Å². The van der Waals surface area contributed by atoms with Gasteiger partial charge in [-0.3, -0.25) is 9.29 Å². The Morgan fingerprint density at radius 3 is 2.91 bits per heavy atom. The smallest absolute Gasteiger partial charge is 0.441 e. The molecule has 3 aromatic heterocycles. The van der Waals surface area contributed by atoms with Crippen LogP contribution in [0.25, 0.3) is 27.9 Å². The quantitative estimate of drug-likeness (QED) is 0.215. The molecule has 1 unspecified atom stereocenters. The number of rotatable bonds is 8. The number of amides is 1. The van der Waals surface area contributed by atoms with E-state index in [1.54, 1.807) is 18.2 Å². The van der Waals surface area contributed by atoms with E-state index in [0.717, 1.165) is 33.7 Å². The van der Waals surface area contributed by atoms with E-state index in [4.69, 9.17) is 19.2 Å². The Kier molecular flexibility index (Phi) is 6.64. The van der Waals surface area contributed by atoms with Gasteiger partial charge in [-0.05, 0) is 18.2 Å². The van der Waals surface area contributed by atoms with E-state index in [9.17, 15) is 4.79 Å². The lowest BCUT2D eigenvalue weighted by molar-refractivity contribution is -0.220. The number of ether oxygens (including phenoxy) is 3. The highest BCUT2D eigenvalue weighted by atomic mass is 17.2. The van der Waals surface area contributed by atoms with E-state index < -0.39 is 6.09 Å². The van der Waals surface area contributed by atoms with E-state index in [-0.39, 0.29) is 6.10 Å². The van der Waals surface area contributed by atoms with E-state index in [2.05, 4.69) is 14.8 Å². The number of likely N-dealkylation sites (tertiary alicyclic amines) is 1. The zero-order valence-electron chi connectivity index (χ0n) is 19.5. The molecule has 4 aromatic rings. The van der Waals surface area contributed by atoms with Crippen LogP contribution in [0.2, 0.25) is 0 Å². The fourth-order valence-electron chi connectivity index (χ4n) is 4.14. The summed E-state index contributed by atoms with van der Waals surface area (Å²) in [5.41, 5.74) is 3.13. The minimum atomic E-state index is -0.517. The average Bonchev–Trinajstić information content (AvgIpc) is 3.51. The van der Waals surface area contributed by atoms with Crippen molar-refractivity contribution < 1.29 is 28.8 Å². The van der Waals surface area contributed by atoms with Crippen molar-refractivity contribution in [3.05, 3.63) is 54.9 Å². The number of imidazole rings is 1. The van der Waals surface area contributed by atoms with Crippen molar-refractivity contribution >= 4 is 22.6 Å². The molecular weight excluding hydrogens is 452 g/mol. The number of methoxy groups -OCH3 is 1. The van der Waals surface area contributed by atoms with Crippen molar-refractivity contribution in [2.75, 3.05) is 40.5 Å². The fourth-order valence-corrected chi connectivity index (χ4v) is 4.14. The van der Waals surface area contributed by atoms with Crippen LogP contribution in [-0.2, 0) is 14.5 Å². The average molecular weight is 479 g/mol. The van der Waals surface area contributed by atoms with Gasteiger partial charge in [-0.2, -0.15) is 4.89 Å². The van der Waals surface area contributed by atoms with Crippen LogP contribution in [-0.4, -0.2) is 72.0 Å². The van der Waals surface area contributed by atoms with Crippen LogP contribution in [0.3, 0.4) is 0 Å². The zero-order chi connectivity index (χ0) is 24.2. The van der Waals surface area contributed by atoms with Gasteiger partial charge >= 0.3 is 6.09 Å². The summed E-state index contributed by atoms with van der Waals surface area (Å²) >= 11 is 0. The van der Waals surface area contributed by atoms with Crippen molar-refractivity contribution in [1.82, 2.24) is 19.3 Å². The van der Waals surface area contributed by atoms with E-state index in [1.807, 2.05) is 53.1 Å². The number of hydrogen-bond donors (Lipinski definition) is 0. The van der Waals surface area contributed by atoms with Crippen LogP contribution in [0.1, 0.15) is 6.42 Å². The van der Waals surface area contributed by atoms with Crippen molar-refractivity contribution in [3.8, 4) is 22.9 Å². The second-order valence-corrected chi connectivity index (χ2v) is 8.09. The number of pyridine rings is 2. The molecule has 10 nitrogen and oxygen atoms in total. The number of carbonyl (C=O) groups excluding carboxylic acids is 1. The van der Waals surface area contributed by atoms with Crippen LogP contribution in [0.4, 0.5) is 4.79 Å². The van der Waals surface area contributed by atoms with E-state index in [0.29, 0.717) is 38.5 Å². The Labute approximate surface area is 201 Å². The summed E-state index contributed by atoms with van der Waals surface area (Å²) < 4.78 is 19.0. The minimum Gasteiger partial charge on any atom is -0.491 e. The number of hydrogen-bond acceptors (Lipinski definition) is 8. The van der Waals surface area contributed by atoms with Gasteiger partial charge in [-0.15, -0.1) is 0 Å². The van der Waals surface area contributed by atoms with Crippen molar-refractivity contribution in [2.45, 2.75) is 12.5 Å². The van der Waals surface area contributed by atoms with Crippen LogP contribution in [0.5, 0.6) is 11.5 Å². The normalized spacial score (nSPS) is 15.6. The van der Waals surface area contributed by atoms with Gasteiger partial charge in [0.1, 0.15) is 35.4 Å². The molecule has 0 aliphatic carbocycles. The van der Waals surface area contributed by atoms with Crippen LogP contribution < -0.4 is 9.47 Å². The second kappa shape index (κ2) is 10.2. The Balaban J connectivity index is 1.39. The molecule has 1 aliphatic rings. The lowest BCUT2D eigenvalue weighted by Crippen LogP contribution is -2.31. The van der Waals surface area contributed by atoms with Gasteiger partial charge in [0.15, 0.2) is 0 Å². The monoisotopic (exact) mass is 478 g/mol. The highest BCUT2D eigenvalue weighted by Gasteiger charge is 2.29. The van der Waals surface area contributed by atoms with Gasteiger partial charge in [-0.25, -0.2) is 14.8 Å². The maximum atomic E-state index is 11.9. The molecule has 35 heavy (non-hydrogen) atoms. The maximum absolute atomic E-state index is 11.9. The summed E-state index contributed by atoms with van der Waals surface area (Å²) in [4.78, 5) is 32.0. The Hall–Kier alpha value is -3.89. The predicted molar refractivity (Wildman–Crippen MR) is 127 cm³/mol. The van der Waals surface area contributed by atoms with Crippen molar-refractivity contribution in [1.29, 1.82) is 0 Å². The fraction of sp³-hybridized carbons (Fsp3) is 0.320. The molecule has 0 bridgehead atoms. The summed E-state index contributed by atoms with van der Waals surface area (Å²) in [6.07, 6.45) is 3.72. The standard InChI is InChI=1S/C25H26N4O6/c1-31-12-13-33-18-9-11-29-21(15-26-23(29)14-18)20-7-6-17-4-3-5-22(24(17)27-20)34-19-8-10-28(16-19)25(30)35-32-2/h3-7,9,11,14-15,19H,8,10,12-13,16H2,1-2H3. The summed E-state index contributed by atoms with van der Waals surface area (Å²) in [5, 5.41) is 0.961. The Bertz CT molecular complexity index is 1340. The van der Waals surface area contributed by atoms with Crippen LogP contribution in [0, 0.1) is 0 Å². The van der Waals surface area contributed by atoms with Crippen molar-refractivity contribution in [2.24, 2.45) is 0 Å². The SMILES string of the molecule is COCCOc1ccn2c(-c3ccc4cccc(OC5CCN(C(=O)OOC)C5)c4n3)cnc2c1. The first-order valence-electron chi connectivity index (χ1n) is 11.3. The van der Waals surface area contributed by atoms with E-state index >= 15 is 0 Å².